The van der Waals surface area contributed by atoms with Crippen LogP contribution in [0.5, 0.6) is 0 Å². The zero-order valence-corrected chi connectivity index (χ0v) is 10.4. The quantitative estimate of drug-likeness (QED) is 0.917. The van der Waals surface area contributed by atoms with Gasteiger partial charge in [-0.2, -0.15) is 0 Å². The van der Waals surface area contributed by atoms with Gasteiger partial charge in [0.1, 0.15) is 0 Å². The number of benzene rings is 1. The smallest absolute Gasteiger partial charge is 0.159 e. The van der Waals surface area contributed by atoms with E-state index in [2.05, 4.69) is 16.4 Å². The highest BCUT2D eigenvalue weighted by molar-refractivity contribution is 5.28. The number of halogens is 2. The van der Waals surface area contributed by atoms with Gasteiger partial charge in [0.2, 0.25) is 0 Å². The number of hydrogen-bond donors (Lipinski definition) is 1. The van der Waals surface area contributed by atoms with Crippen molar-refractivity contribution in [3.05, 3.63) is 65.0 Å². The van der Waals surface area contributed by atoms with Crippen LogP contribution >= 0.6 is 0 Å². The van der Waals surface area contributed by atoms with Gasteiger partial charge >= 0.3 is 0 Å². The number of nitrogens with one attached hydrogen (secondary N) is 1. The van der Waals surface area contributed by atoms with E-state index in [9.17, 15) is 8.78 Å². The zero-order valence-electron chi connectivity index (χ0n) is 10.4. The monoisotopic (exact) mass is 260 g/mol. The Morgan fingerprint density at radius 2 is 2.11 bits per heavy atom. The van der Waals surface area contributed by atoms with E-state index < -0.39 is 11.6 Å². The van der Waals surface area contributed by atoms with Gasteiger partial charge in [0.25, 0.3) is 0 Å². The average molecular weight is 260 g/mol. The Morgan fingerprint density at radius 1 is 1.21 bits per heavy atom. The summed E-state index contributed by atoms with van der Waals surface area (Å²) in [5.74, 6) is -1.61. The maximum atomic E-state index is 13.1. The highest BCUT2D eigenvalue weighted by Gasteiger charge is 2.22. The Kier molecular flexibility index (Phi) is 3.25. The molecule has 4 heteroatoms. The van der Waals surface area contributed by atoms with Crippen molar-refractivity contribution in [3.63, 3.8) is 0 Å². The highest BCUT2D eigenvalue weighted by atomic mass is 19.2. The SMILES string of the molecule is Fc1ccc(CNC2CCc3cccnc32)cc1F. The first-order valence-electron chi connectivity index (χ1n) is 6.35. The number of fused-ring (bicyclic) bond motifs is 1. The second kappa shape index (κ2) is 5.05. The lowest BCUT2D eigenvalue weighted by Gasteiger charge is -2.13. The average Bonchev–Trinajstić information content (AvgIpc) is 2.83. The number of pyridine rings is 1. The second-order valence-corrected chi connectivity index (χ2v) is 4.77. The van der Waals surface area contributed by atoms with Crippen molar-refractivity contribution in [3.8, 4) is 0 Å². The topological polar surface area (TPSA) is 24.9 Å². The Bertz CT molecular complexity index is 598. The van der Waals surface area contributed by atoms with E-state index in [0.717, 1.165) is 30.2 Å². The van der Waals surface area contributed by atoms with Crippen LogP contribution in [0.25, 0.3) is 0 Å². The van der Waals surface area contributed by atoms with E-state index >= 15 is 0 Å². The third-order valence-corrected chi connectivity index (χ3v) is 3.50. The fourth-order valence-corrected chi connectivity index (χ4v) is 2.50. The van der Waals surface area contributed by atoms with Gasteiger partial charge in [0.05, 0.1) is 11.7 Å². The molecule has 98 valence electrons. The Hall–Kier alpha value is -1.81. The molecule has 1 aromatic carbocycles. The van der Waals surface area contributed by atoms with E-state index in [4.69, 9.17) is 0 Å². The zero-order chi connectivity index (χ0) is 13.2. The molecule has 1 aliphatic rings. The van der Waals surface area contributed by atoms with Crippen LogP contribution in [0.3, 0.4) is 0 Å². The molecule has 0 radical (unpaired) electrons. The maximum absolute atomic E-state index is 13.1. The first-order valence-corrected chi connectivity index (χ1v) is 6.35. The van der Waals surface area contributed by atoms with E-state index in [1.54, 1.807) is 12.3 Å². The van der Waals surface area contributed by atoms with Crippen LogP contribution in [-0.2, 0) is 13.0 Å². The summed E-state index contributed by atoms with van der Waals surface area (Å²) in [4.78, 5) is 4.39. The lowest BCUT2D eigenvalue weighted by Crippen LogP contribution is -2.19. The molecule has 19 heavy (non-hydrogen) atoms. The van der Waals surface area contributed by atoms with Crippen LogP contribution in [0.2, 0.25) is 0 Å². The molecule has 2 nitrogen and oxygen atoms in total. The van der Waals surface area contributed by atoms with Crippen LogP contribution in [0, 0.1) is 11.6 Å². The summed E-state index contributed by atoms with van der Waals surface area (Å²) in [6, 6.07) is 8.21. The molecule has 1 aromatic heterocycles. The minimum Gasteiger partial charge on any atom is -0.304 e. The molecule has 1 unspecified atom stereocenters. The molecule has 0 bridgehead atoms. The highest BCUT2D eigenvalue weighted by Crippen LogP contribution is 2.29. The molecule has 1 heterocycles. The largest absolute Gasteiger partial charge is 0.304 e. The standard InChI is InChI=1S/C15H14F2N2/c16-12-5-3-10(8-13(12)17)9-19-14-6-4-11-2-1-7-18-15(11)14/h1-3,5,7-8,14,19H,4,6,9H2. The summed E-state index contributed by atoms with van der Waals surface area (Å²) in [5.41, 5.74) is 3.08. The number of aryl methyl sites for hydroxylation is 1. The molecule has 1 atom stereocenters. The van der Waals surface area contributed by atoms with Gasteiger partial charge in [-0.3, -0.25) is 4.98 Å². The van der Waals surface area contributed by atoms with Crippen molar-refractivity contribution in [1.29, 1.82) is 0 Å². The molecule has 2 aromatic rings. The summed E-state index contributed by atoms with van der Waals surface area (Å²) in [7, 11) is 0. The summed E-state index contributed by atoms with van der Waals surface area (Å²) in [5, 5.41) is 3.35. The van der Waals surface area contributed by atoms with Crippen molar-refractivity contribution in [2.75, 3.05) is 0 Å². The molecular weight excluding hydrogens is 246 g/mol. The summed E-state index contributed by atoms with van der Waals surface area (Å²) >= 11 is 0. The summed E-state index contributed by atoms with van der Waals surface area (Å²) < 4.78 is 25.9. The fraction of sp³-hybridized carbons (Fsp3) is 0.267. The van der Waals surface area contributed by atoms with Crippen molar-refractivity contribution < 1.29 is 8.78 Å². The second-order valence-electron chi connectivity index (χ2n) is 4.77. The molecule has 1 N–H and O–H groups in total. The van der Waals surface area contributed by atoms with E-state index in [1.165, 1.54) is 11.6 Å². The van der Waals surface area contributed by atoms with E-state index in [1.807, 2.05) is 6.07 Å². The third-order valence-electron chi connectivity index (χ3n) is 3.50. The van der Waals surface area contributed by atoms with Crippen LogP contribution in [0.4, 0.5) is 8.78 Å². The van der Waals surface area contributed by atoms with Gasteiger partial charge in [-0.25, -0.2) is 8.78 Å². The normalized spacial score (nSPS) is 17.5. The molecule has 0 amide bonds. The molecule has 0 saturated heterocycles. The minimum atomic E-state index is -0.809. The van der Waals surface area contributed by atoms with Gasteiger partial charge in [0.15, 0.2) is 11.6 Å². The van der Waals surface area contributed by atoms with Gasteiger partial charge in [0, 0.05) is 12.7 Å². The van der Waals surface area contributed by atoms with Crippen molar-refractivity contribution in [2.45, 2.75) is 25.4 Å². The van der Waals surface area contributed by atoms with Crippen molar-refractivity contribution in [1.82, 2.24) is 10.3 Å². The lowest BCUT2D eigenvalue weighted by atomic mass is 10.1. The predicted molar refractivity (Wildman–Crippen MR) is 68.5 cm³/mol. The summed E-state index contributed by atoms with van der Waals surface area (Å²) in [6.07, 6.45) is 3.80. The Labute approximate surface area is 110 Å². The molecule has 0 aliphatic heterocycles. The first kappa shape index (κ1) is 12.2. The third kappa shape index (κ3) is 2.49. The van der Waals surface area contributed by atoms with Crippen molar-refractivity contribution >= 4 is 0 Å². The van der Waals surface area contributed by atoms with Gasteiger partial charge in [-0.15, -0.1) is 0 Å². The minimum absolute atomic E-state index is 0.198. The van der Waals surface area contributed by atoms with Crippen LogP contribution in [0.1, 0.15) is 29.3 Å². The molecule has 1 aliphatic carbocycles. The molecule has 0 fully saturated rings. The van der Waals surface area contributed by atoms with Crippen molar-refractivity contribution in [2.24, 2.45) is 0 Å². The Balaban J connectivity index is 1.69. The number of rotatable bonds is 3. The maximum Gasteiger partial charge on any atom is 0.159 e. The van der Waals surface area contributed by atoms with E-state index in [-0.39, 0.29) is 6.04 Å². The molecule has 3 rings (SSSR count). The van der Waals surface area contributed by atoms with Gasteiger partial charge in [-0.05, 0) is 42.2 Å². The number of hydrogen-bond acceptors (Lipinski definition) is 2. The molecule has 0 saturated carbocycles. The predicted octanol–water partition coefficient (Wildman–Crippen LogP) is 3.14. The Morgan fingerprint density at radius 3 is 2.95 bits per heavy atom. The lowest BCUT2D eigenvalue weighted by molar-refractivity contribution is 0.498. The van der Waals surface area contributed by atoms with Crippen LogP contribution < -0.4 is 5.32 Å². The number of aromatic nitrogens is 1. The van der Waals surface area contributed by atoms with E-state index in [0.29, 0.717) is 6.54 Å². The molecular formula is C15H14F2N2. The molecule has 0 spiro atoms. The first-order chi connectivity index (χ1) is 9.24. The summed E-state index contributed by atoms with van der Waals surface area (Å²) in [6.45, 7) is 0.512. The van der Waals surface area contributed by atoms with Crippen LogP contribution in [-0.4, -0.2) is 4.98 Å². The van der Waals surface area contributed by atoms with Gasteiger partial charge < -0.3 is 5.32 Å². The fourth-order valence-electron chi connectivity index (χ4n) is 2.50. The number of nitrogens with zero attached hydrogens (tertiary/aromatic N) is 1. The van der Waals surface area contributed by atoms with Crippen LogP contribution in [0.15, 0.2) is 36.5 Å². The van der Waals surface area contributed by atoms with Gasteiger partial charge in [-0.1, -0.05) is 12.1 Å².